The lowest BCUT2D eigenvalue weighted by Crippen LogP contribution is -2.55. The van der Waals surface area contributed by atoms with Crippen LogP contribution >= 0.6 is 0 Å². The molecular formula is C17H28O. The van der Waals surface area contributed by atoms with Crippen molar-refractivity contribution in [3.05, 3.63) is 12.7 Å². The molecule has 0 N–H and O–H groups in total. The first kappa shape index (κ1) is 13.8. The Labute approximate surface area is 112 Å². The molecule has 0 saturated heterocycles. The summed E-state index contributed by atoms with van der Waals surface area (Å²) >= 11 is 0. The van der Waals surface area contributed by atoms with E-state index in [1.54, 1.807) is 0 Å². The first-order valence-electron chi connectivity index (χ1n) is 7.59. The average molecular weight is 248 g/mol. The van der Waals surface area contributed by atoms with Crippen molar-refractivity contribution >= 4 is 5.78 Å². The molecule has 4 atom stereocenters. The Hall–Kier alpha value is -0.590. The van der Waals surface area contributed by atoms with E-state index in [0.29, 0.717) is 11.2 Å². The minimum Gasteiger partial charge on any atom is -0.299 e. The Morgan fingerprint density at radius 1 is 1.33 bits per heavy atom. The molecule has 0 aromatic heterocycles. The summed E-state index contributed by atoms with van der Waals surface area (Å²) in [5, 5.41) is 0. The number of carbonyl (C=O) groups excluding carboxylic acids is 1. The molecule has 102 valence electrons. The van der Waals surface area contributed by atoms with Crippen molar-refractivity contribution in [3.63, 3.8) is 0 Å². The van der Waals surface area contributed by atoms with Crippen LogP contribution in [-0.2, 0) is 4.79 Å². The number of allylic oxidation sites excluding steroid dienone is 1. The maximum atomic E-state index is 12.4. The molecule has 0 unspecified atom stereocenters. The maximum Gasteiger partial charge on any atom is 0.136 e. The third-order valence-corrected chi connectivity index (χ3v) is 6.43. The van der Waals surface area contributed by atoms with E-state index in [9.17, 15) is 4.79 Å². The predicted octanol–water partition coefficient (Wildman–Crippen LogP) is 4.76. The molecule has 0 amide bonds. The molecule has 0 aliphatic heterocycles. The van der Waals surface area contributed by atoms with Gasteiger partial charge in [0, 0.05) is 12.3 Å². The Bertz CT molecular complexity index is 346. The number of Topliss-reactive ketones (excluding diaryl/α,β-unsaturated/α-hetero) is 1. The second kappa shape index (κ2) is 4.83. The molecule has 0 spiro atoms. The van der Waals surface area contributed by atoms with Crippen molar-refractivity contribution in [1.82, 2.24) is 0 Å². The molecule has 2 saturated carbocycles. The summed E-state index contributed by atoms with van der Waals surface area (Å²) < 4.78 is 0. The molecule has 0 radical (unpaired) electrons. The zero-order valence-electron chi connectivity index (χ0n) is 12.3. The lowest BCUT2D eigenvalue weighted by Gasteiger charge is -2.60. The van der Waals surface area contributed by atoms with E-state index in [1.165, 1.54) is 19.3 Å². The van der Waals surface area contributed by atoms with Crippen LogP contribution in [0.3, 0.4) is 0 Å². The topological polar surface area (TPSA) is 17.1 Å². The van der Waals surface area contributed by atoms with Gasteiger partial charge in [0.05, 0.1) is 0 Å². The van der Waals surface area contributed by atoms with Crippen molar-refractivity contribution in [2.75, 3.05) is 0 Å². The van der Waals surface area contributed by atoms with Gasteiger partial charge < -0.3 is 0 Å². The molecule has 2 aliphatic carbocycles. The van der Waals surface area contributed by atoms with E-state index in [0.717, 1.165) is 31.6 Å². The van der Waals surface area contributed by atoms with Gasteiger partial charge in [-0.1, -0.05) is 39.7 Å². The van der Waals surface area contributed by atoms with Crippen LogP contribution in [0.25, 0.3) is 0 Å². The molecule has 1 heteroatoms. The third kappa shape index (κ3) is 1.87. The molecule has 0 aromatic rings. The van der Waals surface area contributed by atoms with Crippen LogP contribution in [0.5, 0.6) is 0 Å². The lowest BCUT2D eigenvalue weighted by molar-refractivity contribution is -0.152. The summed E-state index contributed by atoms with van der Waals surface area (Å²) in [6, 6.07) is 0. The number of ketones is 1. The highest BCUT2D eigenvalue weighted by molar-refractivity contribution is 5.83. The number of fused-ring (bicyclic) bond motifs is 1. The van der Waals surface area contributed by atoms with Crippen molar-refractivity contribution in [1.29, 1.82) is 0 Å². The largest absolute Gasteiger partial charge is 0.299 e. The summed E-state index contributed by atoms with van der Waals surface area (Å²) in [5.74, 6) is 1.55. The Kier molecular flexibility index (Phi) is 3.71. The number of hydrogen-bond donors (Lipinski definition) is 0. The molecular weight excluding hydrogens is 220 g/mol. The first-order valence-corrected chi connectivity index (χ1v) is 7.59. The second-order valence-corrected chi connectivity index (χ2v) is 7.01. The van der Waals surface area contributed by atoms with E-state index in [4.69, 9.17) is 0 Å². The monoisotopic (exact) mass is 248 g/mol. The Morgan fingerprint density at radius 2 is 2.06 bits per heavy atom. The minimum atomic E-state index is 0.225. The van der Waals surface area contributed by atoms with Crippen molar-refractivity contribution in [3.8, 4) is 0 Å². The summed E-state index contributed by atoms with van der Waals surface area (Å²) in [7, 11) is 0. The van der Waals surface area contributed by atoms with Crippen LogP contribution in [-0.4, -0.2) is 5.78 Å². The molecule has 1 nitrogen and oxygen atoms in total. The third-order valence-electron chi connectivity index (χ3n) is 6.43. The van der Waals surface area contributed by atoms with E-state index in [-0.39, 0.29) is 11.3 Å². The summed E-state index contributed by atoms with van der Waals surface area (Å²) in [5.41, 5.74) is 0.591. The fourth-order valence-corrected chi connectivity index (χ4v) is 4.72. The average Bonchev–Trinajstić information content (AvgIpc) is 2.33. The van der Waals surface area contributed by atoms with Crippen LogP contribution in [0.2, 0.25) is 0 Å². The van der Waals surface area contributed by atoms with Crippen molar-refractivity contribution < 1.29 is 4.79 Å². The van der Waals surface area contributed by atoms with E-state index < -0.39 is 0 Å². The standard InChI is InChI=1S/C17H28O/c1-5-6-9-14-15(18)10-12-16(3)13(2)8-7-11-17(14,16)4/h5,13-14H,1,6-12H2,2-4H3/t13-,14-,16+,17+/m0/s1. The predicted molar refractivity (Wildman–Crippen MR) is 76.4 cm³/mol. The zero-order chi connectivity index (χ0) is 13.4. The molecule has 2 fully saturated rings. The van der Waals surface area contributed by atoms with E-state index in [2.05, 4.69) is 27.4 Å². The molecule has 0 bridgehead atoms. The smallest absolute Gasteiger partial charge is 0.136 e. The highest BCUT2D eigenvalue weighted by atomic mass is 16.1. The summed E-state index contributed by atoms with van der Waals surface area (Å²) in [6.07, 6.45) is 9.75. The van der Waals surface area contributed by atoms with Crippen LogP contribution in [0.4, 0.5) is 0 Å². The molecule has 2 aliphatic rings. The van der Waals surface area contributed by atoms with Gasteiger partial charge in [0.1, 0.15) is 5.78 Å². The lowest BCUT2D eigenvalue weighted by atomic mass is 9.44. The number of hydrogen-bond acceptors (Lipinski definition) is 1. The van der Waals surface area contributed by atoms with Gasteiger partial charge >= 0.3 is 0 Å². The molecule has 0 aromatic carbocycles. The fourth-order valence-electron chi connectivity index (χ4n) is 4.72. The Morgan fingerprint density at radius 3 is 2.72 bits per heavy atom. The molecule has 0 heterocycles. The van der Waals surface area contributed by atoms with Gasteiger partial charge in [-0.15, -0.1) is 6.58 Å². The molecule has 18 heavy (non-hydrogen) atoms. The van der Waals surface area contributed by atoms with Gasteiger partial charge in [-0.25, -0.2) is 0 Å². The zero-order valence-corrected chi connectivity index (χ0v) is 12.3. The van der Waals surface area contributed by atoms with Crippen LogP contribution in [0, 0.1) is 22.7 Å². The highest BCUT2D eigenvalue weighted by Crippen LogP contribution is 2.63. The van der Waals surface area contributed by atoms with Crippen molar-refractivity contribution in [2.45, 2.75) is 65.7 Å². The highest BCUT2D eigenvalue weighted by Gasteiger charge is 2.57. The van der Waals surface area contributed by atoms with Crippen LogP contribution < -0.4 is 0 Å². The number of rotatable bonds is 3. The van der Waals surface area contributed by atoms with E-state index >= 15 is 0 Å². The number of carbonyl (C=O) groups is 1. The SMILES string of the molecule is C=CCC[C@H]1C(=O)CC[C@]2(C)[C@@H](C)CCC[C@]12C. The van der Waals surface area contributed by atoms with Gasteiger partial charge in [-0.2, -0.15) is 0 Å². The first-order chi connectivity index (χ1) is 8.45. The van der Waals surface area contributed by atoms with Gasteiger partial charge in [0.15, 0.2) is 0 Å². The summed E-state index contributed by atoms with van der Waals surface area (Å²) in [6.45, 7) is 11.1. The minimum absolute atomic E-state index is 0.225. The van der Waals surface area contributed by atoms with Gasteiger partial charge in [-0.3, -0.25) is 4.79 Å². The van der Waals surface area contributed by atoms with Gasteiger partial charge in [0.25, 0.3) is 0 Å². The van der Waals surface area contributed by atoms with Crippen LogP contribution in [0.1, 0.15) is 65.7 Å². The summed E-state index contributed by atoms with van der Waals surface area (Å²) in [4.78, 5) is 12.4. The van der Waals surface area contributed by atoms with Gasteiger partial charge in [-0.05, 0) is 42.4 Å². The van der Waals surface area contributed by atoms with Crippen LogP contribution in [0.15, 0.2) is 12.7 Å². The van der Waals surface area contributed by atoms with Crippen molar-refractivity contribution in [2.24, 2.45) is 22.7 Å². The fraction of sp³-hybridized carbons (Fsp3) is 0.824. The normalized spacial score (nSPS) is 44.5. The van der Waals surface area contributed by atoms with E-state index in [1.807, 2.05) is 6.08 Å². The quantitative estimate of drug-likeness (QED) is 0.658. The Balaban J connectivity index is 2.32. The second-order valence-electron chi connectivity index (χ2n) is 7.01. The van der Waals surface area contributed by atoms with Gasteiger partial charge in [0.2, 0.25) is 0 Å². The maximum absolute atomic E-state index is 12.4. The molecule has 2 rings (SSSR count).